The molecule has 2 heterocycles. The quantitative estimate of drug-likeness (QED) is 0.352. The van der Waals surface area contributed by atoms with E-state index in [0.29, 0.717) is 29.0 Å². The number of hydrogen-bond donors (Lipinski definition) is 1. The molecule has 1 aliphatic rings. The summed E-state index contributed by atoms with van der Waals surface area (Å²) in [5, 5.41) is 4.19. The monoisotopic (exact) mass is 540 g/mol. The lowest BCUT2D eigenvalue weighted by Crippen LogP contribution is -2.52. The van der Waals surface area contributed by atoms with E-state index in [9.17, 15) is 27.2 Å². The molecule has 4 rings (SSSR count). The van der Waals surface area contributed by atoms with Gasteiger partial charge < -0.3 is 19.9 Å². The summed E-state index contributed by atoms with van der Waals surface area (Å²) >= 11 is 5.97. The third-order valence-corrected chi connectivity index (χ3v) is 6.04. The number of likely N-dealkylation sites (tertiary alicyclic amines) is 1. The van der Waals surface area contributed by atoms with Crippen LogP contribution in [-0.2, 0) is 20.7 Å². The Hall–Kier alpha value is -3.51. The number of amides is 1. The van der Waals surface area contributed by atoms with Crippen LogP contribution in [0.3, 0.4) is 0 Å². The van der Waals surface area contributed by atoms with Crippen molar-refractivity contribution in [1.82, 2.24) is 15.0 Å². The highest BCUT2D eigenvalue weighted by atomic mass is 35.5. The average Bonchev–Trinajstić information content (AvgIpc) is 3.51. The van der Waals surface area contributed by atoms with Gasteiger partial charge in [-0.25, -0.2) is 9.18 Å². The Morgan fingerprint density at radius 3 is 2.68 bits per heavy atom. The predicted molar refractivity (Wildman–Crippen MR) is 122 cm³/mol. The van der Waals surface area contributed by atoms with Crippen LogP contribution in [0.4, 0.5) is 17.6 Å². The number of carbonyl (C=O) groups is 2. The molecule has 1 amide bonds. The molecule has 1 aliphatic heterocycles. The fourth-order valence-electron chi connectivity index (χ4n) is 4.11. The van der Waals surface area contributed by atoms with E-state index in [1.165, 1.54) is 23.1 Å². The second-order valence-electron chi connectivity index (χ2n) is 8.48. The first-order chi connectivity index (χ1) is 17.5. The molecular formula is C24H21ClF4N4O4. The Bertz CT molecular complexity index is 1290. The second kappa shape index (κ2) is 10.9. The third-order valence-electron chi connectivity index (χ3n) is 5.80. The lowest BCUT2D eigenvalue weighted by molar-refractivity contribution is -0.207. The summed E-state index contributed by atoms with van der Waals surface area (Å²) in [7, 11) is 0. The highest BCUT2D eigenvalue weighted by Crippen LogP contribution is 2.33. The van der Waals surface area contributed by atoms with Crippen molar-refractivity contribution in [2.75, 3.05) is 6.54 Å². The molecule has 2 N–H and O–H groups in total. The van der Waals surface area contributed by atoms with Gasteiger partial charge in [0.05, 0.1) is 6.04 Å². The number of rotatable bonds is 7. The number of alkyl halides is 3. The molecule has 0 radical (unpaired) electrons. The van der Waals surface area contributed by atoms with Gasteiger partial charge in [0.2, 0.25) is 11.7 Å². The number of nitrogens with two attached hydrogens (primary N) is 1. The third kappa shape index (κ3) is 6.25. The van der Waals surface area contributed by atoms with E-state index < -0.39 is 42.1 Å². The summed E-state index contributed by atoms with van der Waals surface area (Å²) in [6, 6.07) is 9.75. The number of ether oxygens (including phenoxy) is 1. The minimum absolute atomic E-state index is 0.00872. The summed E-state index contributed by atoms with van der Waals surface area (Å²) in [5.41, 5.74) is 6.99. The molecule has 1 unspecified atom stereocenters. The Balaban J connectivity index is 1.58. The minimum Gasteiger partial charge on any atom is -0.444 e. The topological polar surface area (TPSA) is 112 Å². The molecule has 3 atom stereocenters. The van der Waals surface area contributed by atoms with Crippen LogP contribution in [0.15, 0.2) is 53.1 Å². The molecule has 196 valence electrons. The molecule has 1 aromatic heterocycles. The zero-order valence-corrected chi connectivity index (χ0v) is 19.9. The maximum Gasteiger partial charge on any atom is 0.490 e. The van der Waals surface area contributed by atoms with Crippen LogP contribution in [0.2, 0.25) is 5.02 Å². The first-order valence-corrected chi connectivity index (χ1v) is 11.6. The Labute approximate surface area is 213 Å². The van der Waals surface area contributed by atoms with Crippen molar-refractivity contribution in [3.63, 3.8) is 0 Å². The average molecular weight is 541 g/mol. The fourth-order valence-corrected chi connectivity index (χ4v) is 4.33. The maximum atomic E-state index is 13.6. The van der Waals surface area contributed by atoms with Crippen molar-refractivity contribution in [1.29, 1.82) is 0 Å². The molecule has 37 heavy (non-hydrogen) atoms. The summed E-state index contributed by atoms with van der Waals surface area (Å²) in [6.45, 7) is 0.130. The van der Waals surface area contributed by atoms with Crippen molar-refractivity contribution >= 4 is 23.5 Å². The van der Waals surface area contributed by atoms with Gasteiger partial charge in [-0.15, -0.1) is 0 Å². The van der Waals surface area contributed by atoms with Crippen LogP contribution < -0.4 is 5.73 Å². The fraction of sp³-hybridized carbons (Fsp3) is 0.333. The highest BCUT2D eigenvalue weighted by molar-refractivity contribution is 6.30. The van der Waals surface area contributed by atoms with Crippen LogP contribution in [-0.4, -0.2) is 51.8 Å². The number of esters is 1. The van der Waals surface area contributed by atoms with Crippen molar-refractivity contribution in [3.05, 3.63) is 70.8 Å². The normalized spacial score (nSPS) is 17.5. The van der Waals surface area contributed by atoms with Gasteiger partial charge in [-0.3, -0.25) is 4.79 Å². The standard InChI is InChI=1S/C24H21ClF4N4O4/c25-15-6-1-4-13(10-15)11-17(30)19(36-23(35)24(27,28)29)22(34)33-9-3-8-18(33)21-31-20(32-37-21)14-5-2-7-16(26)12-14/h1-2,4-7,10,12,17-19H,3,8-9,11,30H2/t17-,18+,19?/m1/s1. The van der Waals surface area contributed by atoms with E-state index in [4.69, 9.17) is 21.9 Å². The Morgan fingerprint density at radius 2 is 1.97 bits per heavy atom. The molecule has 0 aliphatic carbocycles. The van der Waals surface area contributed by atoms with Crippen molar-refractivity contribution in [2.24, 2.45) is 5.73 Å². The van der Waals surface area contributed by atoms with Crippen LogP contribution in [0.1, 0.15) is 30.3 Å². The molecule has 0 bridgehead atoms. The summed E-state index contributed by atoms with van der Waals surface area (Å²) in [5.74, 6) is -3.89. The predicted octanol–water partition coefficient (Wildman–Crippen LogP) is 4.24. The minimum atomic E-state index is -5.33. The van der Waals surface area contributed by atoms with E-state index >= 15 is 0 Å². The molecular weight excluding hydrogens is 520 g/mol. The molecule has 2 aromatic carbocycles. The lowest BCUT2D eigenvalue weighted by Gasteiger charge is -2.30. The summed E-state index contributed by atoms with van der Waals surface area (Å²) in [6.07, 6.45) is -6.53. The molecule has 0 saturated carbocycles. The van der Waals surface area contributed by atoms with Crippen molar-refractivity contribution < 1.29 is 36.4 Å². The molecule has 1 saturated heterocycles. The smallest absolute Gasteiger partial charge is 0.444 e. The van der Waals surface area contributed by atoms with E-state index in [1.54, 1.807) is 30.3 Å². The SMILES string of the molecule is N[C@H](Cc1cccc(Cl)c1)C(OC(=O)C(F)(F)F)C(=O)N1CCC[C@H]1c1nc(-c2cccc(F)c2)no1. The van der Waals surface area contributed by atoms with E-state index in [0.717, 1.165) is 0 Å². The van der Waals surface area contributed by atoms with Gasteiger partial charge in [0, 0.05) is 17.1 Å². The zero-order valence-electron chi connectivity index (χ0n) is 19.1. The maximum absolute atomic E-state index is 13.6. The molecule has 1 fully saturated rings. The van der Waals surface area contributed by atoms with Gasteiger partial charge in [0.25, 0.3) is 5.91 Å². The van der Waals surface area contributed by atoms with Gasteiger partial charge in [-0.1, -0.05) is 41.0 Å². The van der Waals surface area contributed by atoms with Gasteiger partial charge in [0.1, 0.15) is 11.9 Å². The first kappa shape index (κ1) is 26.6. The molecule has 8 nitrogen and oxygen atoms in total. The number of aromatic nitrogens is 2. The van der Waals surface area contributed by atoms with Gasteiger partial charge in [0.15, 0.2) is 6.10 Å². The number of halogens is 5. The number of hydrogen-bond acceptors (Lipinski definition) is 7. The van der Waals surface area contributed by atoms with Gasteiger partial charge in [-0.2, -0.15) is 18.2 Å². The largest absolute Gasteiger partial charge is 0.490 e. The number of carbonyl (C=O) groups excluding carboxylic acids is 2. The van der Waals surface area contributed by atoms with Crippen LogP contribution in [0.5, 0.6) is 0 Å². The number of benzene rings is 2. The Morgan fingerprint density at radius 1 is 1.22 bits per heavy atom. The second-order valence-corrected chi connectivity index (χ2v) is 8.91. The van der Waals surface area contributed by atoms with Crippen LogP contribution in [0.25, 0.3) is 11.4 Å². The molecule has 13 heteroatoms. The summed E-state index contributed by atoms with van der Waals surface area (Å²) < 4.78 is 62.5. The zero-order chi connectivity index (χ0) is 26.7. The molecule has 0 spiro atoms. The highest BCUT2D eigenvalue weighted by Gasteiger charge is 2.47. The van der Waals surface area contributed by atoms with Gasteiger partial charge in [-0.05, 0) is 49.1 Å². The van der Waals surface area contributed by atoms with E-state index in [2.05, 4.69) is 14.9 Å². The number of nitrogens with zero attached hydrogens (tertiary/aromatic N) is 3. The van der Waals surface area contributed by atoms with Crippen molar-refractivity contribution in [3.8, 4) is 11.4 Å². The van der Waals surface area contributed by atoms with Crippen LogP contribution in [0, 0.1) is 5.82 Å². The van der Waals surface area contributed by atoms with E-state index in [-0.39, 0.29) is 24.7 Å². The van der Waals surface area contributed by atoms with Gasteiger partial charge >= 0.3 is 12.1 Å². The van der Waals surface area contributed by atoms with Crippen LogP contribution >= 0.6 is 11.6 Å². The van der Waals surface area contributed by atoms with E-state index in [1.807, 2.05) is 0 Å². The van der Waals surface area contributed by atoms with Crippen molar-refractivity contribution in [2.45, 2.75) is 43.6 Å². The summed E-state index contributed by atoms with van der Waals surface area (Å²) in [4.78, 5) is 30.6. The Kier molecular flexibility index (Phi) is 7.79. The first-order valence-electron chi connectivity index (χ1n) is 11.2. The molecule has 3 aromatic rings. The lowest BCUT2D eigenvalue weighted by atomic mass is 10.0.